The molecule has 0 aliphatic carbocycles. The first-order valence-electron chi connectivity index (χ1n) is 9.32. The highest BCUT2D eigenvalue weighted by Gasteiger charge is 2.15. The van der Waals surface area contributed by atoms with Crippen molar-refractivity contribution in [1.82, 2.24) is 10.2 Å². The second-order valence-corrected chi connectivity index (χ2v) is 7.36. The smallest absolute Gasteiger partial charge is 0.407 e. The molecule has 1 N–H and O–H groups in total. The van der Waals surface area contributed by atoms with Crippen molar-refractivity contribution in [3.63, 3.8) is 0 Å². The third-order valence-corrected chi connectivity index (χ3v) is 3.22. The molecule has 0 heterocycles. The third kappa shape index (κ3) is 17.3. The number of nitrogens with zero attached hydrogens (tertiary/aromatic N) is 1. The first-order chi connectivity index (χ1) is 11.4. The molecule has 0 aromatic rings. The summed E-state index contributed by atoms with van der Waals surface area (Å²) >= 11 is 0. The van der Waals surface area contributed by atoms with Crippen molar-refractivity contribution in [3.8, 4) is 0 Å². The number of hydrogen-bond acceptors (Lipinski definition) is 5. The van der Waals surface area contributed by atoms with E-state index in [0.717, 1.165) is 6.54 Å². The van der Waals surface area contributed by atoms with Crippen LogP contribution in [0.1, 0.15) is 75.2 Å². The van der Waals surface area contributed by atoms with Gasteiger partial charge in [-0.25, -0.2) is 4.79 Å². The Labute approximate surface area is 154 Å². The van der Waals surface area contributed by atoms with Gasteiger partial charge in [-0.2, -0.15) is 0 Å². The van der Waals surface area contributed by atoms with Gasteiger partial charge < -0.3 is 14.8 Å². The summed E-state index contributed by atoms with van der Waals surface area (Å²) in [6.45, 7) is 20.3. The molecule has 0 bridgehead atoms. The molecule has 6 nitrogen and oxygen atoms in total. The van der Waals surface area contributed by atoms with Crippen LogP contribution in [0.15, 0.2) is 0 Å². The minimum absolute atomic E-state index is 0.242. The van der Waals surface area contributed by atoms with Crippen molar-refractivity contribution in [3.05, 3.63) is 0 Å². The molecule has 6 heteroatoms. The van der Waals surface area contributed by atoms with Crippen LogP contribution in [-0.4, -0.2) is 54.3 Å². The number of carbonyl (C=O) groups excluding carboxylic acids is 2. The molecule has 150 valence electrons. The molecular weight excluding hydrogens is 320 g/mol. The van der Waals surface area contributed by atoms with E-state index in [1.54, 1.807) is 27.7 Å². The average molecular weight is 361 g/mol. The van der Waals surface area contributed by atoms with E-state index >= 15 is 0 Å². The summed E-state index contributed by atoms with van der Waals surface area (Å²) in [4.78, 5) is 24.6. The maximum absolute atomic E-state index is 11.2. The molecule has 0 aliphatic rings. The van der Waals surface area contributed by atoms with E-state index in [4.69, 9.17) is 9.47 Å². The summed E-state index contributed by atoms with van der Waals surface area (Å²) in [7, 11) is 0. The van der Waals surface area contributed by atoms with Gasteiger partial charge in [0.1, 0.15) is 5.60 Å². The lowest BCUT2D eigenvalue weighted by Crippen LogP contribution is -2.36. The lowest BCUT2D eigenvalue weighted by molar-refractivity contribution is -0.143. The van der Waals surface area contributed by atoms with Crippen molar-refractivity contribution < 1.29 is 19.1 Å². The van der Waals surface area contributed by atoms with Gasteiger partial charge in [0.15, 0.2) is 0 Å². The van der Waals surface area contributed by atoms with Gasteiger partial charge in [0.05, 0.1) is 6.61 Å². The molecule has 0 unspecified atom stereocenters. The molecule has 0 saturated heterocycles. The average Bonchev–Trinajstić information content (AvgIpc) is 2.42. The molecule has 25 heavy (non-hydrogen) atoms. The first-order valence-corrected chi connectivity index (χ1v) is 9.32. The topological polar surface area (TPSA) is 67.9 Å². The first kappa shape index (κ1) is 25.9. The Balaban J connectivity index is 0. The van der Waals surface area contributed by atoms with E-state index in [0.29, 0.717) is 38.1 Å². The highest BCUT2D eigenvalue weighted by atomic mass is 16.6. The normalized spacial score (nSPS) is 11.2. The van der Waals surface area contributed by atoms with E-state index in [1.807, 2.05) is 0 Å². The number of alkyl carbamates (subject to hydrolysis) is 1. The number of amides is 1. The van der Waals surface area contributed by atoms with Crippen LogP contribution in [0, 0.1) is 0 Å². The Morgan fingerprint density at radius 3 is 1.88 bits per heavy atom. The SMILES string of the molecule is CCN(C(C)C)C(C)C.CCOC(=O)CCCNC(=O)OC(C)(C)C. The summed E-state index contributed by atoms with van der Waals surface area (Å²) in [5, 5.41) is 2.57. The molecule has 0 aromatic carbocycles. The lowest BCUT2D eigenvalue weighted by atomic mass is 10.2. The largest absolute Gasteiger partial charge is 0.466 e. The van der Waals surface area contributed by atoms with Gasteiger partial charge >= 0.3 is 12.1 Å². The summed E-state index contributed by atoms with van der Waals surface area (Å²) in [6.07, 6.45) is 0.401. The zero-order valence-corrected chi connectivity index (χ0v) is 17.8. The molecular formula is C19H40N2O4. The molecule has 0 rings (SSSR count). The van der Waals surface area contributed by atoms with Crippen LogP contribution in [0.25, 0.3) is 0 Å². The van der Waals surface area contributed by atoms with Crippen molar-refractivity contribution in [2.75, 3.05) is 19.7 Å². The summed E-state index contributed by atoms with van der Waals surface area (Å²) in [5.41, 5.74) is -0.495. The molecule has 0 fully saturated rings. The minimum atomic E-state index is -0.495. The fourth-order valence-electron chi connectivity index (χ4n) is 2.30. The summed E-state index contributed by atoms with van der Waals surface area (Å²) < 4.78 is 9.77. The maximum atomic E-state index is 11.2. The van der Waals surface area contributed by atoms with Gasteiger partial charge in [0.2, 0.25) is 0 Å². The van der Waals surface area contributed by atoms with Crippen molar-refractivity contribution >= 4 is 12.1 Å². The summed E-state index contributed by atoms with van der Waals surface area (Å²) in [5.74, 6) is -0.242. The van der Waals surface area contributed by atoms with E-state index in [2.05, 4.69) is 44.8 Å². The Morgan fingerprint density at radius 2 is 1.56 bits per heavy atom. The number of nitrogens with one attached hydrogen (secondary N) is 1. The molecule has 0 atom stereocenters. The van der Waals surface area contributed by atoms with E-state index in [1.165, 1.54) is 0 Å². The van der Waals surface area contributed by atoms with Crippen LogP contribution in [0.3, 0.4) is 0 Å². The van der Waals surface area contributed by atoms with Crippen LogP contribution in [-0.2, 0) is 14.3 Å². The van der Waals surface area contributed by atoms with Gasteiger partial charge in [0, 0.05) is 25.0 Å². The highest BCUT2D eigenvalue weighted by Crippen LogP contribution is 2.06. The van der Waals surface area contributed by atoms with Crippen LogP contribution < -0.4 is 5.32 Å². The van der Waals surface area contributed by atoms with Crippen LogP contribution >= 0.6 is 0 Å². The van der Waals surface area contributed by atoms with E-state index in [-0.39, 0.29) is 5.97 Å². The Hall–Kier alpha value is -1.30. The molecule has 0 radical (unpaired) electrons. The van der Waals surface area contributed by atoms with E-state index in [9.17, 15) is 9.59 Å². The van der Waals surface area contributed by atoms with Crippen LogP contribution in [0.2, 0.25) is 0 Å². The molecule has 1 amide bonds. The molecule has 0 aliphatic heterocycles. The fourth-order valence-corrected chi connectivity index (χ4v) is 2.30. The van der Waals surface area contributed by atoms with E-state index < -0.39 is 11.7 Å². The van der Waals surface area contributed by atoms with Crippen LogP contribution in [0.5, 0.6) is 0 Å². The highest BCUT2D eigenvalue weighted by molar-refractivity contribution is 5.70. The third-order valence-electron chi connectivity index (χ3n) is 3.22. The quantitative estimate of drug-likeness (QED) is 0.524. The minimum Gasteiger partial charge on any atom is -0.466 e. The number of rotatable bonds is 8. The van der Waals surface area contributed by atoms with Crippen molar-refractivity contribution in [2.24, 2.45) is 0 Å². The van der Waals surface area contributed by atoms with Crippen molar-refractivity contribution in [2.45, 2.75) is 92.8 Å². The number of carbonyl (C=O) groups is 2. The van der Waals surface area contributed by atoms with Crippen molar-refractivity contribution in [1.29, 1.82) is 0 Å². The standard InChI is InChI=1S/C11H21NO4.C8H19N/c1-5-15-9(13)7-6-8-12-10(14)16-11(2,3)4;1-6-9(7(2)3)8(4)5/h5-8H2,1-4H3,(H,12,14);7-8H,6H2,1-5H3. The second kappa shape index (κ2) is 13.9. The molecule has 0 aromatic heterocycles. The monoisotopic (exact) mass is 360 g/mol. The van der Waals surface area contributed by atoms with Gasteiger partial charge in [-0.1, -0.05) is 6.92 Å². The number of ether oxygens (including phenoxy) is 2. The van der Waals surface area contributed by atoms with Gasteiger partial charge in [0.25, 0.3) is 0 Å². The van der Waals surface area contributed by atoms with Gasteiger partial charge in [-0.05, 0) is 68.4 Å². The van der Waals surface area contributed by atoms with Crippen LogP contribution in [0.4, 0.5) is 4.79 Å². The Kier molecular flexibility index (Phi) is 14.5. The van der Waals surface area contributed by atoms with Gasteiger partial charge in [-0.15, -0.1) is 0 Å². The number of hydrogen-bond donors (Lipinski definition) is 1. The van der Waals surface area contributed by atoms with Gasteiger partial charge in [-0.3, -0.25) is 9.69 Å². The zero-order valence-electron chi connectivity index (χ0n) is 17.8. The fraction of sp³-hybridized carbons (Fsp3) is 0.895. The Morgan fingerprint density at radius 1 is 1.04 bits per heavy atom. The predicted molar refractivity (Wildman–Crippen MR) is 103 cm³/mol. The summed E-state index contributed by atoms with van der Waals surface area (Å²) in [6, 6.07) is 1.38. The lowest BCUT2D eigenvalue weighted by Gasteiger charge is -2.28. The second-order valence-electron chi connectivity index (χ2n) is 7.36. The molecule has 0 saturated carbocycles. The molecule has 0 spiro atoms. The Bertz CT molecular complexity index is 355. The predicted octanol–water partition coefficient (Wildman–Crippen LogP) is 3.98. The zero-order chi connectivity index (χ0) is 20.0. The number of esters is 1. The maximum Gasteiger partial charge on any atom is 0.407 e.